The molecule has 4 nitrogen and oxygen atoms in total. The fourth-order valence-corrected chi connectivity index (χ4v) is 2.32. The molecule has 0 bridgehead atoms. The Bertz CT molecular complexity index is 659. The van der Waals surface area contributed by atoms with Crippen LogP contribution in [-0.4, -0.2) is 24.9 Å². The lowest BCUT2D eigenvalue weighted by molar-refractivity contribution is 0.0992. The van der Waals surface area contributed by atoms with Gasteiger partial charge in [-0.15, -0.1) is 0 Å². The summed E-state index contributed by atoms with van der Waals surface area (Å²) in [5, 5.41) is 5.80. The minimum atomic E-state index is -0.339. The second-order valence-electron chi connectivity index (χ2n) is 5.13. The normalized spacial score (nSPS) is 10.1. The summed E-state index contributed by atoms with van der Waals surface area (Å²) in [4.78, 5) is 23.6. The van der Waals surface area contributed by atoms with Gasteiger partial charge in [0.2, 0.25) is 0 Å². The third-order valence-corrected chi connectivity index (χ3v) is 3.56. The number of Topliss-reactive ketones (excluding diaryl/α,β-unsaturated/α-hetero) is 1. The molecule has 0 aromatic heterocycles. The van der Waals surface area contributed by atoms with Crippen molar-refractivity contribution in [1.82, 2.24) is 10.6 Å². The molecular weight excluding hydrogens is 312 g/mol. The molecule has 0 unspecified atom stereocenters. The smallest absolute Gasteiger partial charge is 0.315 e. The predicted octanol–water partition coefficient (Wildman–Crippen LogP) is 3.45. The van der Waals surface area contributed by atoms with Crippen LogP contribution in [0.1, 0.15) is 22.3 Å². The number of nitrogens with one attached hydrogen (secondary N) is 2. The highest BCUT2D eigenvalue weighted by Gasteiger charge is 2.08. The number of urea groups is 1. The number of hydrogen-bond acceptors (Lipinski definition) is 2. The van der Waals surface area contributed by atoms with E-state index < -0.39 is 0 Å². The Kier molecular flexibility index (Phi) is 6.63. The summed E-state index contributed by atoms with van der Waals surface area (Å²) in [5.41, 5.74) is 1.73. The summed E-state index contributed by atoms with van der Waals surface area (Å²) < 4.78 is 0. The number of aryl methyl sites for hydroxylation is 1. The fraction of sp³-hybridized carbons (Fsp3) is 0.222. The van der Waals surface area contributed by atoms with E-state index in [0.29, 0.717) is 17.1 Å². The van der Waals surface area contributed by atoms with Crippen LogP contribution in [0.5, 0.6) is 0 Å². The minimum absolute atomic E-state index is 0.0507. The Morgan fingerprint density at radius 1 is 0.957 bits per heavy atom. The van der Waals surface area contributed by atoms with Crippen molar-refractivity contribution < 1.29 is 9.59 Å². The first-order valence-electron chi connectivity index (χ1n) is 7.49. The van der Waals surface area contributed by atoms with E-state index in [0.717, 1.165) is 12.8 Å². The maximum Gasteiger partial charge on any atom is 0.315 e. The van der Waals surface area contributed by atoms with Crippen LogP contribution in [0.2, 0.25) is 5.02 Å². The van der Waals surface area contributed by atoms with E-state index in [4.69, 9.17) is 11.6 Å². The Hall–Kier alpha value is -2.33. The summed E-state index contributed by atoms with van der Waals surface area (Å²) in [7, 11) is 0. The number of benzene rings is 2. The van der Waals surface area contributed by atoms with Crippen molar-refractivity contribution in [2.45, 2.75) is 12.8 Å². The number of ketones is 1. The second kappa shape index (κ2) is 8.96. The van der Waals surface area contributed by atoms with Crippen molar-refractivity contribution >= 4 is 23.4 Å². The highest BCUT2D eigenvalue weighted by molar-refractivity contribution is 6.31. The van der Waals surface area contributed by atoms with Crippen molar-refractivity contribution in [3.05, 3.63) is 70.7 Å². The zero-order valence-electron chi connectivity index (χ0n) is 12.7. The van der Waals surface area contributed by atoms with Gasteiger partial charge in [0.1, 0.15) is 0 Å². The van der Waals surface area contributed by atoms with E-state index in [-0.39, 0.29) is 18.4 Å². The van der Waals surface area contributed by atoms with Crippen LogP contribution >= 0.6 is 11.6 Å². The van der Waals surface area contributed by atoms with E-state index >= 15 is 0 Å². The standard InChI is InChI=1S/C18H19ClN2O2/c19-16-10-4-9-15(12-16)17(22)13-21-18(23)20-11-5-8-14-6-2-1-3-7-14/h1-4,6-7,9-10,12H,5,8,11,13H2,(H2,20,21,23). The number of carbonyl (C=O) groups excluding carboxylic acids is 2. The Balaban J connectivity index is 1.64. The van der Waals surface area contributed by atoms with Crippen LogP contribution in [0, 0.1) is 0 Å². The van der Waals surface area contributed by atoms with Crippen molar-refractivity contribution in [3.63, 3.8) is 0 Å². The fourth-order valence-electron chi connectivity index (χ4n) is 2.13. The van der Waals surface area contributed by atoms with Crippen molar-refractivity contribution in [2.75, 3.05) is 13.1 Å². The molecular formula is C18H19ClN2O2. The van der Waals surface area contributed by atoms with E-state index in [2.05, 4.69) is 22.8 Å². The van der Waals surface area contributed by atoms with Gasteiger partial charge in [-0.2, -0.15) is 0 Å². The van der Waals surface area contributed by atoms with Gasteiger partial charge in [-0.3, -0.25) is 4.79 Å². The number of amides is 2. The van der Waals surface area contributed by atoms with Gasteiger partial charge < -0.3 is 10.6 Å². The highest BCUT2D eigenvalue weighted by Crippen LogP contribution is 2.10. The Morgan fingerprint density at radius 3 is 2.48 bits per heavy atom. The van der Waals surface area contributed by atoms with Crippen molar-refractivity contribution in [1.29, 1.82) is 0 Å². The molecule has 0 spiro atoms. The monoisotopic (exact) mass is 330 g/mol. The lowest BCUT2D eigenvalue weighted by Gasteiger charge is -2.07. The van der Waals surface area contributed by atoms with Gasteiger partial charge in [0.25, 0.3) is 0 Å². The molecule has 0 fully saturated rings. The molecule has 23 heavy (non-hydrogen) atoms. The lowest BCUT2D eigenvalue weighted by atomic mass is 10.1. The molecule has 120 valence electrons. The minimum Gasteiger partial charge on any atom is -0.338 e. The summed E-state index contributed by atoms with van der Waals surface area (Å²) >= 11 is 5.83. The third kappa shape index (κ3) is 6.12. The Labute approximate surface area is 140 Å². The van der Waals surface area contributed by atoms with Crippen molar-refractivity contribution in [3.8, 4) is 0 Å². The van der Waals surface area contributed by atoms with E-state index in [1.807, 2.05) is 18.2 Å². The number of rotatable bonds is 7. The molecule has 2 rings (SSSR count). The van der Waals surface area contributed by atoms with Crippen LogP contribution in [-0.2, 0) is 6.42 Å². The molecule has 0 aliphatic heterocycles. The number of carbonyl (C=O) groups is 2. The van der Waals surface area contributed by atoms with Gasteiger partial charge in [-0.25, -0.2) is 4.79 Å². The first kappa shape index (κ1) is 17.0. The molecule has 2 aromatic carbocycles. The zero-order valence-corrected chi connectivity index (χ0v) is 13.5. The zero-order chi connectivity index (χ0) is 16.5. The molecule has 5 heteroatoms. The van der Waals surface area contributed by atoms with Crippen LogP contribution in [0.4, 0.5) is 4.79 Å². The van der Waals surface area contributed by atoms with Crippen LogP contribution in [0.25, 0.3) is 0 Å². The topological polar surface area (TPSA) is 58.2 Å². The van der Waals surface area contributed by atoms with E-state index in [1.54, 1.807) is 24.3 Å². The molecule has 0 aliphatic rings. The number of halogens is 1. The first-order chi connectivity index (χ1) is 11.1. The van der Waals surface area contributed by atoms with Gasteiger partial charge in [0.05, 0.1) is 6.54 Å². The van der Waals surface area contributed by atoms with Crippen LogP contribution in [0.15, 0.2) is 54.6 Å². The maximum atomic E-state index is 11.9. The molecule has 2 N–H and O–H groups in total. The molecule has 0 saturated carbocycles. The molecule has 0 saturated heterocycles. The average Bonchev–Trinajstić information content (AvgIpc) is 2.57. The number of hydrogen-bond donors (Lipinski definition) is 2. The Morgan fingerprint density at radius 2 is 1.74 bits per heavy atom. The summed E-state index contributed by atoms with van der Waals surface area (Å²) in [6.07, 6.45) is 1.75. The molecule has 2 amide bonds. The molecule has 0 atom stereocenters. The quantitative estimate of drug-likeness (QED) is 0.603. The summed E-state index contributed by atoms with van der Waals surface area (Å²) in [6, 6.07) is 16.4. The van der Waals surface area contributed by atoms with Gasteiger partial charge in [-0.05, 0) is 30.5 Å². The predicted molar refractivity (Wildman–Crippen MR) is 91.9 cm³/mol. The van der Waals surface area contributed by atoms with Crippen LogP contribution in [0.3, 0.4) is 0 Å². The summed E-state index contributed by atoms with van der Waals surface area (Å²) in [5.74, 6) is -0.174. The second-order valence-corrected chi connectivity index (χ2v) is 5.57. The summed E-state index contributed by atoms with van der Waals surface area (Å²) in [6.45, 7) is 0.511. The van der Waals surface area contributed by atoms with Gasteiger partial charge in [0.15, 0.2) is 5.78 Å². The third-order valence-electron chi connectivity index (χ3n) is 3.33. The average molecular weight is 331 g/mol. The first-order valence-corrected chi connectivity index (χ1v) is 7.87. The molecule has 0 heterocycles. The van der Waals surface area contributed by atoms with E-state index in [9.17, 15) is 9.59 Å². The molecule has 0 radical (unpaired) electrons. The van der Waals surface area contributed by atoms with Gasteiger partial charge in [0, 0.05) is 17.1 Å². The highest BCUT2D eigenvalue weighted by atomic mass is 35.5. The SMILES string of the molecule is O=C(NCCCc1ccccc1)NCC(=O)c1cccc(Cl)c1. The molecule has 2 aromatic rings. The molecule has 0 aliphatic carbocycles. The van der Waals surface area contributed by atoms with Gasteiger partial charge >= 0.3 is 6.03 Å². The van der Waals surface area contributed by atoms with Gasteiger partial charge in [-0.1, -0.05) is 54.1 Å². The van der Waals surface area contributed by atoms with Crippen molar-refractivity contribution in [2.24, 2.45) is 0 Å². The largest absolute Gasteiger partial charge is 0.338 e. The van der Waals surface area contributed by atoms with E-state index in [1.165, 1.54) is 5.56 Å². The maximum absolute atomic E-state index is 11.9. The lowest BCUT2D eigenvalue weighted by Crippen LogP contribution is -2.39. The van der Waals surface area contributed by atoms with Crippen LogP contribution < -0.4 is 10.6 Å².